The molecule has 0 spiro atoms. The first kappa shape index (κ1) is 18.9. The Labute approximate surface area is 165 Å². The van der Waals surface area contributed by atoms with Crippen molar-refractivity contribution in [3.63, 3.8) is 0 Å². The monoisotopic (exact) mass is 406 g/mol. The van der Waals surface area contributed by atoms with Crippen molar-refractivity contribution in [3.05, 3.63) is 46.5 Å². The third-order valence-electron chi connectivity index (χ3n) is 5.47. The molecule has 2 amide bonds. The molecule has 1 aromatic carbocycles. The van der Waals surface area contributed by atoms with Crippen LogP contribution in [0.3, 0.4) is 0 Å². The van der Waals surface area contributed by atoms with E-state index in [9.17, 15) is 18.4 Å². The summed E-state index contributed by atoms with van der Waals surface area (Å²) < 4.78 is 32.4. The number of carbonyl (C=O) groups excluding carboxylic acids is 2. The molecule has 0 unspecified atom stereocenters. The van der Waals surface area contributed by atoms with Crippen LogP contribution in [0.4, 0.5) is 14.5 Å². The van der Waals surface area contributed by atoms with Crippen molar-refractivity contribution in [2.75, 3.05) is 32.0 Å². The van der Waals surface area contributed by atoms with Crippen molar-refractivity contribution in [2.45, 2.75) is 18.9 Å². The average Bonchev–Trinajstić information content (AvgIpc) is 3.06. The van der Waals surface area contributed by atoms with Crippen molar-refractivity contribution in [1.82, 2.24) is 14.2 Å². The molecule has 3 aliphatic heterocycles. The maximum atomic E-state index is 14.4. The second-order valence-electron chi connectivity index (χ2n) is 7.39. The molecule has 3 aliphatic rings. The van der Waals surface area contributed by atoms with Crippen LogP contribution in [-0.2, 0) is 0 Å². The summed E-state index contributed by atoms with van der Waals surface area (Å²) in [4.78, 5) is 29.4. The van der Waals surface area contributed by atoms with Gasteiger partial charge in [-0.05, 0) is 49.5 Å². The first-order chi connectivity index (χ1) is 13.4. The minimum Gasteiger partial charge on any atom is -0.337 e. The number of hydrogen-bond acceptors (Lipinski definition) is 5. The highest BCUT2D eigenvalue weighted by atomic mass is 32.1. The van der Waals surface area contributed by atoms with Crippen LogP contribution in [0.15, 0.2) is 24.4 Å². The molecule has 148 valence electrons. The van der Waals surface area contributed by atoms with E-state index in [0.29, 0.717) is 30.0 Å². The van der Waals surface area contributed by atoms with Gasteiger partial charge in [-0.25, -0.2) is 13.2 Å². The third-order valence-corrected chi connectivity index (χ3v) is 6.22. The largest absolute Gasteiger partial charge is 0.337 e. The Kier molecular flexibility index (Phi) is 5.11. The number of rotatable bonds is 3. The molecular formula is C19H20F2N4O2S. The van der Waals surface area contributed by atoms with Crippen LogP contribution in [0, 0.1) is 17.6 Å². The van der Waals surface area contributed by atoms with Gasteiger partial charge in [-0.2, -0.15) is 0 Å². The standard InChI is InChI=1S/C19H20F2N4O2S/c1-24-8-11-2-3-12(24)10-25(9-11)19(27)13-6-16(15(21)7-14(13)20)23-18(26)17-4-5-22-28-17/h4-7,11-12H,2-3,8-10H2,1H3,(H,23,26)/t11-,12-/m0/s1. The lowest BCUT2D eigenvalue weighted by molar-refractivity contribution is 0.0737. The van der Waals surface area contributed by atoms with Crippen LogP contribution >= 0.6 is 11.5 Å². The Bertz CT molecular complexity index is 906. The lowest BCUT2D eigenvalue weighted by Gasteiger charge is -2.32. The maximum Gasteiger partial charge on any atom is 0.267 e. The van der Waals surface area contributed by atoms with Crippen LogP contribution < -0.4 is 5.32 Å². The number of amides is 2. The first-order valence-corrected chi connectivity index (χ1v) is 9.90. The van der Waals surface area contributed by atoms with Crippen molar-refractivity contribution in [2.24, 2.45) is 5.92 Å². The maximum absolute atomic E-state index is 14.4. The molecule has 2 aromatic rings. The molecule has 6 nitrogen and oxygen atoms in total. The number of fused-ring (bicyclic) bond motifs is 4. The van der Waals surface area contributed by atoms with Gasteiger partial charge in [0.1, 0.15) is 16.5 Å². The predicted octanol–water partition coefficient (Wildman–Crippen LogP) is 2.84. The summed E-state index contributed by atoms with van der Waals surface area (Å²) in [6, 6.07) is 3.48. The molecule has 3 fully saturated rings. The predicted molar refractivity (Wildman–Crippen MR) is 101 cm³/mol. The molecule has 28 heavy (non-hydrogen) atoms. The molecule has 1 aromatic heterocycles. The van der Waals surface area contributed by atoms with E-state index in [1.807, 2.05) is 7.05 Å². The fourth-order valence-electron chi connectivity index (χ4n) is 3.98. The van der Waals surface area contributed by atoms with E-state index in [0.717, 1.165) is 37.0 Å². The average molecular weight is 406 g/mol. The number of benzene rings is 1. The topological polar surface area (TPSA) is 65.5 Å². The first-order valence-electron chi connectivity index (χ1n) is 9.13. The zero-order valence-electron chi connectivity index (χ0n) is 15.3. The van der Waals surface area contributed by atoms with Crippen LogP contribution in [0.1, 0.15) is 32.9 Å². The van der Waals surface area contributed by atoms with Crippen molar-refractivity contribution < 1.29 is 18.4 Å². The summed E-state index contributed by atoms with van der Waals surface area (Å²) in [5, 5.41) is 2.40. The summed E-state index contributed by atoms with van der Waals surface area (Å²) in [5.41, 5.74) is -0.456. The van der Waals surface area contributed by atoms with Crippen molar-refractivity contribution in [1.29, 1.82) is 0 Å². The summed E-state index contributed by atoms with van der Waals surface area (Å²) in [6.45, 7) is 1.99. The molecule has 9 heteroatoms. The van der Waals surface area contributed by atoms with Gasteiger partial charge in [0.05, 0.1) is 11.3 Å². The number of carbonyl (C=O) groups is 2. The zero-order valence-corrected chi connectivity index (χ0v) is 16.1. The minimum absolute atomic E-state index is 0.224. The number of nitrogens with zero attached hydrogens (tertiary/aromatic N) is 3. The van der Waals surface area contributed by atoms with E-state index >= 15 is 0 Å². The minimum atomic E-state index is -0.928. The van der Waals surface area contributed by atoms with Gasteiger partial charge >= 0.3 is 0 Å². The van der Waals surface area contributed by atoms with Crippen LogP contribution in [-0.4, -0.2) is 58.7 Å². The molecule has 3 saturated heterocycles. The Morgan fingerprint density at radius 2 is 2.00 bits per heavy atom. The number of hydrogen-bond donors (Lipinski definition) is 1. The highest BCUT2D eigenvalue weighted by Gasteiger charge is 2.35. The Morgan fingerprint density at radius 3 is 2.71 bits per heavy atom. The molecule has 0 aliphatic carbocycles. The van der Waals surface area contributed by atoms with E-state index in [1.54, 1.807) is 4.90 Å². The number of aromatic nitrogens is 1. The number of halogens is 2. The van der Waals surface area contributed by atoms with Gasteiger partial charge in [0.15, 0.2) is 0 Å². The highest BCUT2D eigenvalue weighted by molar-refractivity contribution is 7.08. The lowest BCUT2D eigenvalue weighted by Crippen LogP contribution is -2.42. The van der Waals surface area contributed by atoms with Crippen LogP contribution in [0.5, 0.6) is 0 Å². The number of nitrogens with one attached hydrogen (secondary N) is 1. The van der Waals surface area contributed by atoms with E-state index in [-0.39, 0.29) is 17.3 Å². The fourth-order valence-corrected chi connectivity index (χ4v) is 4.47. The van der Waals surface area contributed by atoms with Gasteiger partial charge in [0, 0.05) is 37.9 Å². The van der Waals surface area contributed by atoms with E-state index < -0.39 is 23.4 Å². The molecule has 1 N–H and O–H groups in total. The van der Waals surface area contributed by atoms with E-state index in [1.165, 1.54) is 12.3 Å². The molecule has 4 heterocycles. The van der Waals surface area contributed by atoms with Crippen molar-refractivity contribution in [3.8, 4) is 0 Å². The SMILES string of the molecule is CN1C[C@@H]2CC[C@H]1CN(C(=O)c1cc(NC(=O)c3ccns3)c(F)cc1F)C2. The normalized spacial score (nSPS) is 22.2. The molecule has 0 saturated carbocycles. The van der Waals surface area contributed by atoms with Gasteiger partial charge in [0.2, 0.25) is 0 Å². The highest BCUT2D eigenvalue weighted by Crippen LogP contribution is 2.29. The number of anilines is 1. The molecule has 2 atom stereocenters. The van der Waals surface area contributed by atoms with Crippen LogP contribution in [0.25, 0.3) is 0 Å². The Hall–Kier alpha value is -2.39. The van der Waals surface area contributed by atoms with Gasteiger partial charge in [0.25, 0.3) is 11.8 Å². The second-order valence-corrected chi connectivity index (χ2v) is 8.22. The van der Waals surface area contributed by atoms with Gasteiger partial charge in [-0.1, -0.05) is 0 Å². The fraction of sp³-hybridized carbons (Fsp3) is 0.421. The van der Waals surface area contributed by atoms with Gasteiger partial charge in [-0.15, -0.1) is 0 Å². The lowest BCUT2D eigenvalue weighted by atomic mass is 9.96. The second kappa shape index (κ2) is 7.56. The van der Waals surface area contributed by atoms with Gasteiger partial charge in [-0.3, -0.25) is 9.59 Å². The van der Waals surface area contributed by atoms with E-state index in [2.05, 4.69) is 14.6 Å². The molecule has 0 radical (unpaired) electrons. The summed E-state index contributed by atoms with van der Waals surface area (Å²) >= 11 is 0.964. The third kappa shape index (κ3) is 3.64. The summed E-state index contributed by atoms with van der Waals surface area (Å²) in [7, 11) is 2.04. The Morgan fingerprint density at radius 1 is 1.18 bits per heavy atom. The molecule has 5 rings (SSSR count). The number of likely N-dealkylation sites (N-methyl/N-ethyl adjacent to an activating group) is 1. The number of piperidine rings is 1. The quantitative estimate of drug-likeness (QED) is 0.851. The zero-order chi connectivity index (χ0) is 19.8. The van der Waals surface area contributed by atoms with E-state index in [4.69, 9.17) is 0 Å². The summed E-state index contributed by atoms with van der Waals surface area (Å²) in [6.07, 6.45) is 3.51. The van der Waals surface area contributed by atoms with Crippen molar-refractivity contribution >= 4 is 29.0 Å². The van der Waals surface area contributed by atoms with Crippen LogP contribution in [0.2, 0.25) is 0 Å². The Balaban J connectivity index is 1.58. The smallest absolute Gasteiger partial charge is 0.267 e. The summed E-state index contributed by atoms with van der Waals surface area (Å²) in [5.74, 6) is -2.54. The molecular weight excluding hydrogens is 386 g/mol. The van der Waals surface area contributed by atoms with Gasteiger partial charge < -0.3 is 15.1 Å². The molecule has 2 bridgehead atoms.